The van der Waals surface area contributed by atoms with Crippen molar-refractivity contribution < 1.29 is 4.79 Å². The van der Waals surface area contributed by atoms with Crippen molar-refractivity contribution in [1.29, 1.82) is 0 Å². The molecule has 0 unspecified atom stereocenters. The van der Waals surface area contributed by atoms with E-state index in [-0.39, 0.29) is 11.3 Å². The number of carbonyl (C=O) groups excluding carboxylic acids is 1. The van der Waals surface area contributed by atoms with Gasteiger partial charge in [-0.05, 0) is 17.0 Å². The molecule has 1 aromatic rings. The highest BCUT2D eigenvalue weighted by atomic mass is 16.1. The van der Waals surface area contributed by atoms with Gasteiger partial charge in [0, 0.05) is 13.2 Å². The van der Waals surface area contributed by atoms with Gasteiger partial charge in [-0.3, -0.25) is 9.78 Å². The fourth-order valence-corrected chi connectivity index (χ4v) is 1.10. The minimum Gasteiger partial charge on any atom is -0.354 e. The Morgan fingerprint density at radius 2 is 2.00 bits per heavy atom. The van der Waals surface area contributed by atoms with Crippen molar-refractivity contribution in [2.24, 2.45) is 0 Å². The lowest BCUT2D eigenvalue weighted by Crippen LogP contribution is -2.20. The third-order valence-electron chi connectivity index (χ3n) is 2.09. The lowest BCUT2D eigenvalue weighted by atomic mass is 9.88. The predicted molar refractivity (Wildman–Crippen MR) is 56.3 cm³/mol. The second-order valence-electron chi connectivity index (χ2n) is 4.26. The van der Waals surface area contributed by atoms with E-state index in [9.17, 15) is 4.79 Å². The number of carbonyl (C=O) groups is 1. The highest BCUT2D eigenvalue weighted by molar-refractivity contribution is 5.91. The molecule has 1 amide bonds. The Morgan fingerprint density at radius 1 is 1.36 bits per heavy atom. The third kappa shape index (κ3) is 2.31. The van der Waals surface area contributed by atoms with Crippen LogP contribution in [0.25, 0.3) is 0 Å². The van der Waals surface area contributed by atoms with E-state index in [1.54, 1.807) is 19.3 Å². The van der Waals surface area contributed by atoms with E-state index >= 15 is 0 Å². The van der Waals surface area contributed by atoms with Gasteiger partial charge in [0.1, 0.15) is 5.69 Å². The van der Waals surface area contributed by atoms with Gasteiger partial charge in [-0.1, -0.05) is 26.8 Å². The smallest absolute Gasteiger partial charge is 0.269 e. The van der Waals surface area contributed by atoms with Crippen molar-refractivity contribution in [3.05, 3.63) is 29.6 Å². The number of nitrogens with one attached hydrogen (secondary N) is 1. The summed E-state index contributed by atoms with van der Waals surface area (Å²) in [5.41, 5.74) is 1.67. The Labute approximate surface area is 84.6 Å². The van der Waals surface area contributed by atoms with Crippen LogP contribution < -0.4 is 5.32 Å². The number of hydrogen-bond donors (Lipinski definition) is 1. The van der Waals surface area contributed by atoms with Gasteiger partial charge in [-0.25, -0.2) is 0 Å². The Kier molecular flexibility index (Phi) is 2.89. The molecule has 1 heterocycles. The van der Waals surface area contributed by atoms with Gasteiger partial charge in [0.2, 0.25) is 0 Å². The van der Waals surface area contributed by atoms with Crippen molar-refractivity contribution in [3.63, 3.8) is 0 Å². The first-order valence-corrected chi connectivity index (χ1v) is 4.64. The van der Waals surface area contributed by atoms with Crippen LogP contribution in [-0.4, -0.2) is 17.9 Å². The topological polar surface area (TPSA) is 42.0 Å². The second kappa shape index (κ2) is 3.78. The molecule has 76 valence electrons. The SMILES string of the molecule is CNC(=O)c1ccc(C(C)(C)C)cn1. The molecule has 1 aromatic heterocycles. The average molecular weight is 192 g/mol. The first kappa shape index (κ1) is 10.7. The van der Waals surface area contributed by atoms with E-state index < -0.39 is 0 Å². The lowest BCUT2D eigenvalue weighted by Gasteiger charge is -2.18. The first-order chi connectivity index (χ1) is 6.45. The van der Waals surface area contributed by atoms with Gasteiger partial charge in [0.05, 0.1) is 0 Å². The fourth-order valence-electron chi connectivity index (χ4n) is 1.10. The fraction of sp³-hybridized carbons (Fsp3) is 0.455. The Bertz CT molecular complexity index is 322. The molecule has 0 bridgehead atoms. The van der Waals surface area contributed by atoms with Gasteiger partial charge in [0.25, 0.3) is 5.91 Å². The predicted octanol–water partition coefficient (Wildman–Crippen LogP) is 1.74. The van der Waals surface area contributed by atoms with E-state index in [0.717, 1.165) is 5.56 Å². The summed E-state index contributed by atoms with van der Waals surface area (Å²) in [5, 5.41) is 2.54. The lowest BCUT2D eigenvalue weighted by molar-refractivity contribution is 0.0958. The highest BCUT2D eigenvalue weighted by Gasteiger charge is 2.14. The molecule has 0 spiro atoms. The molecule has 0 saturated carbocycles. The summed E-state index contributed by atoms with van der Waals surface area (Å²) >= 11 is 0. The molecule has 0 aromatic carbocycles. The van der Waals surface area contributed by atoms with Crippen LogP contribution in [0.4, 0.5) is 0 Å². The van der Waals surface area contributed by atoms with Gasteiger partial charge in [0.15, 0.2) is 0 Å². The molecular weight excluding hydrogens is 176 g/mol. The highest BCUT2D eigenvalue weighted by Crippen LogP contribution is 2.20. The summed E-state index contributed by atoms with van der Waals surface area (Å²) in [4.78, 5) is 15.3. The molecule has 0 aliphatic heterocycles. The van der Waals surface area contributed by atoms with Crippen molar-refractivity contribution in [1.82, 2.24) is 10.3 Å². The molecule has 0 atom stereocenters. The van der Waals surface area contributed by atoms with E-state index in [1.165, 1.54) is 0 Å². The van der Waals surface area contributed by atoms with Crippen LogP contribution in [0, 0.1) is 0 Å². The summed E-state index contributed by atoms with van der Waals surface area (Å²) in [6, 6.07) is 3.69. The normalized spacial score (nSPS) is 11.1. The Balaban J connectivity index is 2.95. The largest absolute Gasteiger partial charge is 0.354 e. The van der Waals surface area contributed by atoms with Crippen LogP contribution in [0.1, 0.15) is 36.8 Å². The van der Waals surface area contributed by atoms with Gasteiger partial charge < -0.3 is 5.32 Å². The van der Waals surface area contributed by atoms with E-state index in [4.69, 9.17) is 0 Å². The van der Waals surface area contributed by atoms with Crippen LogP contribution >= 0.6 is 0 Å². The average Bonchev–Trinajstić information content (AvgIpc) is 2.15. The standard InChI is InChI=1S/C11H16N2O/c1-11(2,3)8-5-6-9(13-7-8)10(14)12-4/h5-7H,1-4H3,(H,12,14). The zero-order chi connectivity index (χ0) is 10.8. The molecule has 3 nitrogen and oxygen atoms in total. The zero-order valence-electron chi connectivity index (χ0n) is 9.09. The first-order valence-electron chi connectivity index (χ1n) is 4.64. The summed E-state index contributed by atoms with van der Waals surface area (Å²) in [7, 11) is 1.60. The zero-order valence-corrected chi connectivity index (χ0v) is 9.09. The van der Waals surface area contributed by atoms with Crippen LogP contribution in [0.3, 0.4) is 0 Å². The number of pyridine rings is 1. The minimum absolute atomic E-state index is 0.0776. The summed E-state index contributed by atoms with van der Waals surface area (Å²) in [6.07, 6.45) is 1.75. The van der Waals surface area contributed by atoms with Crippen LogP contribution in [0.15, 0.2) is 18.3 Å². The molecule has 1 rings (SSSR count). The Hall–Kier alpha value is -1.38. The van der Waals surface area contributed by atoms with E-state index in [2.05, 4.69) is 31.1 Å². The maximum absolute atomic E-state index is 11.2. The van der Waals surface area contributed by atoms with E-state index in [0.29, 0.717) is 5.69 Å². The molecule has 14 heavy (non-hydrogen) atoms. The minimum atomic E-state index is -0.148. The molecule has 0 aliphatic rings. The maximum Gasteiger partial charge on any atom is 0.269 e. The van der Waals surface area contributed by atoms with Crippen molar-refractivity contribution in [2.75, 3.05) is 7.05 Å². The molecule has 3 heteroatoms. The maximum atomic E-state index is 11.2. The molecule has 0 radical (unpaired) electrons. The number of amides is 1. The summed E-state index contributed by atoms with van der Waals surface area (Å²) in [6.45, 7) is 6.34. The number of aromatic nitrogens is 1. The van der Waals surface area contributed by atoms with Gasteiger partial charge in [-0.15, -0.1) is 0 Å². The summed E-state index contributed by atoms with van der Waals surface area (Å²) < 4.78 is 0. The van der Waals surface area contributed by atoms with Crippen molar-refractivity contribution in [2.45, 2.75) is 26.2 Å². The monoisotopic (exact) mass is 192 g/mol. The summed E-state index contributed by atoms with van der Waals surface area (Å²) in [5.74, 6) is -0.148. The van der Waals surface area contributed by atoms with Gasteiger partial charge in [-0.2, -0.15) is 0 Å². The van der Waals surface area contributed by atoms with Crippen LogP contribution in [0.5, 0.6) is 0 Å². The molecule has 0 fully saturated rings. The number of rotatable bonds is 1. The molecule has 1 N–H and O–H groups in total. The third-order valence-corrected chi connectivity index (χ3v) is 2.09. The van der Waals surface area contributed by atoms with Crippen molar-refractivity contribution in [3.8, 4) is 0 Å². The van der Waals surface area contributed by atoms with Crippen LogP contribution in [0.2, 0.25) is 0 Å². The Morgan fingerprint density at radius 3 is 2.36 bits per heavy atom. The molecule has 0 saturated heterocycles. The van der Waals surface area contributed by atoms with Crippen LogP contribution in [-0.2, 0) is 5.41 Å². The number of nitrogens with zero attached hydrogens (tertiary/aromatic N) is 1. The molecular formula is C11H16N2O. The quantitative estimate of drug-likeness (QED) is 0.736. The van der Waals surface area contributed by atoms with Gasteiger partial charge >= 0.3 is 0 Å². The van der Waals surface area contributed by atoms with E-state index in [1.807, 2.05) is 6.07 Å². The number of hydrogen-bond acceptors (Lipinski definition) is 2. The van der Waals surface area contributed by atoms with Crippen molar-refractivity contribution >= 4 is 5.91 Å². The molecule has 0 aliphatic carbocycles. The second-order valence-corrected chi connectivity index (χ2v) is 4.26.